The van der Waals surface area contributed by atoms with E-state index in [-0.39, 0.29) is 37.0 Å². The van der Waals surface area contributed by atoms with Crippen molar-refractivity contribution in [3.8, 4) is 0 Å². The summed E-state index contributed by atoms with van der Waals surface area (Å²) in [5.74, 6) is -0.149. The van der Waals surface area contributed by atoms with Crippen molar-refractivity contribution in [1.29, 1.82) is 0 Å². The van der Waals surface area contributed by atoms with Crippen LogP contribution < -0.4 is 11.1 Å². The van der Waals surface area contributed by atoms with Crippen molar-refractivity contribution in [2.45, 2.75) is 25.0 Å². The highest BCUT2D eigenvalue weighted by molar-refractivity contribution is 6.39. The van der Waals surface area contributed by atoms with E-state index in [2.05, 4.69) is 10.2 Å². The Morgan fingerprint density at radius 3 is 2.65 bits per heavy atom. The maximum atomic E-state index is 12.3. The highest BCUT2D eigenvalue weighted by atomic mass is 35.5. The van der Waals surface area contributed by atoms with E-state index in [1.165, 1.54) is 0 Å². The number of halogens is 3. The van der Waals surface area contributed by atoms with Crippen LogP contribution in [0.5, 0.6) is 0 Å². The number of amides is 1. The Kier molecular flexibility index (Phi) is 8.61. The summed E-state index contributed by atoms with van der Waals surface area (Å²) in [6, 6.07) is 5.26. The molecule has 2 atom stereocenters. The minimum absolute atomic E-state index is 0. The van der Waals surface area contributed by atoms with Crippen molar-refractivity contribution >= 4 is 47.2 Å². The minimum Gasteiger partial charge on any atom is -0.381 e. The van der Waals surface area contributed by atoms with Gasteiger partial charge in [0.1, 0.15) is 0 Å². The van der Waals surface area contributed by atoms with Crippen molar-refractivity contribution in [3.05, 3.63) is 28.2 Å². The quantitative estimate of drug-likeness (QED) is 0.822. The molecule has 2 rings (SSSR count). The van der Waals surface area contributed by atoms with Gasteiger partial charge < -0.3 is 15.8 Å². The van der Waals surface area contributed by atoms with Gasteiger partial charge in [0.05, 0.1) is 28.4 Å². The first-order valence-corrected chi connectivity index (χ1v) is 8.01. The Bertz CT molecular complexity index is 510. The molecule has 2 unspecified atom stereocenters. The Labute approximate surface area is 152 Å². The van der Waals surface area contributed by atoms with Crippen LogP contribution in [0.3, 0.4) is 0 Å². The van der Waals surface area contributed by atoms with Crippen LogP contribution in [0.15, 0.2) is 18.2 Å². The first-order chi connectivity index (χ1) is 10.5. The SMILES string of the molecule is COC1CCN(CC(=O)Nc2c(Cl)cccc2Cl)C(CN)C1.Cl. The van der Waals surface area contributed by atoms with E-state index in [1.807, 2.05) is 0 Å². The average molecular weight is 383 g/mol. The van der Waals surface area contributed by atoms with E-state index >= 15 is 0 Å². The number of carbonyl (C=O) groups excluding carboxylic acids is 1. The van der Waals surface area contributed by atoms with Gasteiger partial charge >= 0.3 is 0 Å². The molecule has 23 heavy (non-hydrogen) atoms. The van der Waals surface area contributed by atoms with Gasteiger partial charge in [-0.05, 0) is 25.0 Å². The van der Waals surface area contributed by atoms with Gasteiger partial charge in [0.25, 0.3) is 0 Å². The standard InChI is InChI=1S/C15H21Cl2N3O2.ClH/c1-22-11-5-6-20(10(7-11)8-18)9-14(21)19-15-12(16)3-2-4-13(15)17;/h2-4,10-11H,5-9,18H2,1H3,(H,19,21);1H. The number of likely N-dealkylation sites (tertiary alicyclic amines) is 1. The lowest BCUT2D eigenvalue weighted by atomic mass is 9.99. The number of nitrogens with zero attached hydrogens (tertiary/aromatic N) is 1. The molecular formula is C15H22Cl3N3O2. The normalized spacial score (nSPS) is 21.6. The molecular weight excluding hydrogens is 361 g/mol. The Hall–Kier alpha value is -0.560. The minimum atomic E-state index is -0.149. The van der Waals surface area contributed by atoms with Gasteiger partial charge in [-0.15, -0.1) is 12.4 Å². The molecule has 1 aromatic rings. The van der Waals surface area contributed by atoms with Crippen LogP contribution in [-0.2, 0) is 9.53 Å². The molecule has 0 spiro atoms. The van der Waals surface area contributed by atoms with Gasteiger partial charge in [0.15, 0.2) is 0 Å². The number of methoxy groups -OCH3 is 1. The molecule has 0 saturated carbocycles. The molecule has 1 fully saturated rings. The third-order valence-corrected chi connectivity index (χ3v) is 4.60. The lowest BCUT2D eigenvalue weighted by molar-refractivity contribution is -0.118. The summed E-state index contributed by atoms with van der Waals surface area (Å²) in [5, 5.41) is 3.63. The summed E-state index contributed by atoms with van der Waals surface area (Å²) in [6.45, 7) is 1.55. The Morgan fingerprint density at radius 1 is 1.43 bits per heavy atom. The molecule has 0 bridgehead atoms. The summed E-state index contributed by atoms with van der Waals surface area (Å²) < 4.78 is 5.39. The number of nitrogens with one attached hydrogen (secondary N) is 1. The zero-order chi connectivity index (χ0) is 16.1. The van der Waals surface area contributed by atoms with E-state index in [1.54, 1.807) is 25.3 Å². The highest BCUT2D eigenvalue weighted by Gasteiger charge is 2.28. The fourth-order valence-electron chi connectivity index (χ4n) is 2.71. The van der Waals surface area contributed by atoms with Gasteiger partial charge in [-0.25, -0.2) is 0 Å². The predicted octanol–water partition coefficient (Wildman–Crippen LogP) is 2.79. The summed E-state index contributed by atoms with van der Waals surface area (Å²) in [7, 11) is 1.71. The topological polar surface area (TPSA) is 67.6 Å². The molecule has 1 amide bonds. The first-order valence-electron chi connectivity index (χ1n) is 7.26. The lowest BCUT2D eigenvalue weighted by Gasteiger charge is -2.37. The number of benzene rings is 1. The van der Waals surface area contributed by atoms with E-state index < -0.39 is 0 Å². The molecule has 3 N–H and O–H groups in total. The Balaban J connectivity index is 0.00000264. The number of piperidine rings is 1. The number of ether oxygens (including phenoxy) is 1. The average Bonchev–Trinajstić information content (AvgIpc) is 2.51. The second-order valence-corrected chi connectivity index (χ2v) is 6.20. The number of hydrogen-bond donors (Lipinski definition) is 2. The molecule has 0 radical (unpaired) electrons. The molecule has 1 aliphatic heterocycles. The molecule has 1 saturated heterocycles. The molecule has 130 valence electrons. The van der Waals surface area contributed by atoms with Crippen molar-refractivity contribution in [1.82, 2.24) is 4.90 Å². The molecule has 1 aromatic carbocycles. The molecule has 1 aliphatic rings. The zero-order valence-electron chi connectivity index (χ0n) is 12.9. The zero-order valence-corrected chi connectivity index (χ0v) is 15.3. The molecule has 0 aliphatic carbocycles. The predicted molar refractivity (Wildman–Crippen MR) is 96.8 cm³/mol. The second kappa shape index (κ2) is 9.67. The third-order valence-electron chi connectivity index (χ3n) is 3.97. The van der Waals surface area contributed by atoms with Crippen molar-refractivity contribution in [3.63, 3.8) is 0 Å². The molecule has 0 aromatic heterocycles. The number of para-hydroxylation sites is 1. The smallest absolute Gasteiger partial charge is 0.238 e. The van der Waals surface area contributed by atoms with E-state index in [0.717, 1.165) is 19.4 Å². The maximum Gasteiger partial charge on any atom is 0.238 e. The van der Waals surface area contributed by atoms with Crippen LogP contribution >= 0.6 is 35.6 Å². The van der Waals surface area contributed by atoms with Crippen LogP contribution in [0.1, 0.15) is 12.8 Å². The van der Waals surface area contributed by atoms with E-state index in [0.29, 0.717) is 22.3 Å². The van der Waals surface area contributed by atoms with Gasteiger partial charge in [0, 0.05) is 26.2 Å². The number of hydrogen-bond acceptors (Lipinski definition) is 4. The van der Waals surface area contributed by atoms with Crippen molar-refractivity contribution < 1.29 is 9.53 Å². The fourth-order valence-corrected chi connectivity index (χ4v) is 3.20. The number of rotatable bonds is 5. The van der Waals surface area contributed by atoms with Crippen molar-refractivity contribution in [2.75, 3.05) is 32.1 Å². The van der Waals surface area contributed by atoms with Crippen LogP contribution in [0.4, 0.5) is 5.69 Å². The van der Waals surface area contributed by atoms with Gasteiger partial charge in [-0.3, -0.25) is 9.69 Å². The van der Waals surface area contributed by atoms with Gasteiger partial charge in [-0.1, -0.05) is 29.3 Å². The maximum absolute atomic E-state index is 12.3. The molecule has 1 heterocycles. The summed E-state index contributed by atoms with van der Waals surface area (Å²) in [6.07, 6.45) is 1.95. The van der Waals surface area contributed by atoms with E-state index in [9.17, 15) is 4.79 Å². The summed E-state index contributed by atoms with van der Waals surface area (Å²) in [4.78, 5) is 14.3. The lowest BCUT2D eigenvalue weighted by Crippen LogP contribution is -2.51. The molecule has 8 heteroatoms. The monoisotopic (exact) mass is 381 g/mol. The fraction of sp³-hybridized carbons (Fsp3) is 0.533. The van der Waals surface area contributed by atoms with Crippen molar-refractivity contribution in [2.24, 2.45) is 5.73 Å². The number of nitrogens with two attached hydrogens (primary N) is 1. The largest absolute Gasteiger partial charge is 0.381 e. The van der Waals surface area contributed by atoms with Crippen LogP contribution in [0.2, 0.25) is 10.0 Å². The van der Waals surface area contributed by atoms with Crippen LogP contribution in [0, 0.1) is 0 Å². The van der Waals surface area contributed by atoms with Crippen LogP contribution in [-0.4, -0.2) is 49.7 Å². The van der Waals surface area contributed by atoms with Gasteiger partial charge in [-0.2, -0.15) is 0 Å². The highest BCUT2D eigenvalue weighted by Crippen LogP contribution is 2.29. The number of carbonyl (C=O) groups is 1. The number of anilines is 1. The summed E-state index contributed by atoms with van der Waals surface area (Å²) >= 11 is 12.1. The third kappa shape index (κ3) is 5.48. The summed E-state index contributed by atoms with van der Waals surface area (Å²) in [5.41, 5.74) is 6.27. The molecule has 5 nitrogen and oxygen atoms in total. The van der Waals surface area contributed by atoms with E-state index in [4.69, 9.17) is 33.7 Å². The Morgan fingerprint density at radius 2 is 2.09 bits per heavy atom. The second-order valence-electron chi connectivity index (χ2n) is 5.39. The van der Waals surface area contributed by atoms with Gasteiger partial charge in [0.2, 0.25) is 5.91 Å². The van der Waals surface area contributed by atoms with Crippen LogP contribution in [0.25, 0.3) is 0 Å². The first kappa shape index (κ1) is 20.5.